The molecule has 0 heterocycles. The Kier molecular flexibility index (Phi) is 6.51. The molecule has 1 rings (SSSR count). The molecule has 0 aliphatic heterocycles. The van der Waals surface area contributed by atoms with Crippen LogP contribution in [0.4, 0.5) is 10.5 Å². The third kappa shape index (κ3) is 6.12. The zero-order valence-corrected chi connectivity index (χ0v) is 15.2. The summed E-state index contributed by atoms with van der Waals surface area (Å²) in [6, 6.07) is 6.33. The van der Waals surface area contributed by atoms with Gasteiger partial charge in [0.1, 0.15) is 11.6 Å². The third-order valence-electron chi connectivity index (χ3n) is 2.63. The van der Waals surface area contributed by atoms with Crippen LogP contribution in [-0.4, -0.2) is 23.8 Å². The van der Waals surface area contributed by atoms with Crippen LogP contribution in [0.2, 0.25) is 5.02 Å². The fourth-order valence-electron chi connectivity index (χ4n) is 1.61. The van der Waals surface area contributed by atoms with Crippen molar-refractivity contribution in [3.05, 3.63) is 27.7 Å². The molecule has 0 aliphatic rings. The highest BCUT2D eigenvalue weighted by Crippen LogP contribution is 2.26. The van der Waals surface area contributed by atoms with Gasteiger partial charge in [0.25, 0.3) is 0 Å². The number of alkyl carbamates (subject to hydrolysis) is 1. The number of benzene rings is 1. The highest BCUT2D eigenvalue weighted by Gasteiger charge is 2.22. The van der Waals surface area contributed by atoms with Crippen LogP contribution in [0.15, 0.2) is 22.7 Å². The fraction of sp³-hybridized carbons (Fsp3) is 0.467. The van der Waals surface area contributed by atoms with Gasteiger partial charge in [0, 0.05) is 10.2 Å². The molecule has 0 saturated carbocycles. The van der Waals surface area contributed by atoms with Crippen molar-refractivity contribution in [1.29, 1.82) is 5.26 Å². The predicted molar refractivity (Wildman–Crippen MR) is 91.0 cm³/mol. The Hall–Kier alpha value is -1.45. The maximum absolute atomic E-state index is 11.7. The lowest BCUT2D eigenvalue weighted by molar-refractivity contribution is 0.0507. The number of hydrogen-bond donors (Lipinski definition) is 2. The minimum absolute atomic E-state index is 0.436. The molecule has 0 saturated heterocycles. The zero-order valence-electron chi connectivity index (χ0n) is 12.9. The smallest absolute Gasteiger partial charge is 0.407 e. The fourth-order valence-corrected chi connectivity index (χ4v) is 2.11. The highest BCUT2D eigenvalue weighted by atomic mass is 79.9. The number of carbonyl (C=O) groups is 1. The van der Waals surface area contributed by atoms with Crippen LogP contribution < -0.4 is 10.6 Å². The molecule has 0 aliphatic carbocycles. The summed E-state index contributed by atoms with van der Waals surface area (Å²) in [7, 11) is 0. The molecular weight excluding hydrogens is 370 g/mol. The second kappa shape index (κ2) is 7.70. The average Bonchev–Trinajstić information content (AvgIpc) is 2.37. The van der Waals surface area contributed by atoms with Crippen LogP contribution in [0, 0.1) is 11.3 Å². The summed E-state index contributed by atoms with van der Waals surface area (Å²) in [4.78, 5) is 11.7. The van der Waals surface area contributed by atoms with Gasteiger partial charge >= 0.3 is 6.09 Å². The standard InChI is InChI=1S/C15H19BrClN3O2/c1-9(19-14(21)22-15(2,3)4)13(8-18)20-10-5-6-12(17)11(16)7-10/h5-7,9,13,20H,1-4H3,(H,19,21). The summed E-state index contributed by atoms with van der Waals surface area (Å²) >= 11 is 9.25. The first-order valence-corrected chi connectivity index (χ1v) is 7.90. The first-order chi connectivity index (χ1) is 10.1. The molecule has 120 valence electrons. The van der Waals surface area contributed by atoms with Crippen molar-refractivity contribution in [1.82, 2.24) is 5.32 Å². The van der Waals surface area contributed by atoms with Gasteiger partial charge in [0.05, 0.1) is 17.1 Å². The Bertz CT molecular complexity index is 581. The van der Waals surface area contributed by atoms with Crippen LogP contribution >= 0.6 is 27.5 Å². The maximum atomic E-state index is 11.7. The second-order valence-electron chi connectivity index (χ2n) is 5.81. The van der Waals surface area contributed by atoms with Crippen molar-refractivity contribution >= 4 is 39.3 Å². The summed E-state index contributed by atoms with van der Waals surface area (Å²) in [5.74, 6) is 0. The van der Waals surface area contributed by atoms with Crippen LogP contribution in [0.1, 0.15) is 27.7 Å². The number of ether oxygens (including phenoxy) is 1. The van der Waals surface area contributed by atoms with Gasteiger partial charge in [-0.1, -0.05) is 11.6 Å². The second-order valence-corrected chi connectivity index (χ2v) is 7.08. The van der Waals surface area contributed by atoms with Crippen molar-refractivity contribution < 1.29 is 9.53 Å². The minimum atomic E-state index is -0.611. The molecule has 5 nitrogen and oxygen atoms in total. The predicted octanol–water partition coefficient (Wildman–Crippen LogP) is 4.32. The highest BCUT2D eigenvalue weighted by molar-refractivity contribution is 9.10. The summed E-state index contributed by atoms with van der Waals surface area (Å²) in [5, 5.41) is 15.6. The number of hydrogen-bond acceptors (Lipinski definition) is 4. The maximum Gasteiger partial charge on any atom is 0.407 e. The minimum Gasteiger partial charge on any atom is -0.444 e. The van der Waals surface area contributed by atoms with Crippen molar-refractivity contribution in [3.8, 4) is 6.07 Å². The molecule has 2 N–H and O–H groups in total. The van der Waals surface area contributed by atoms with Gasteiger partial charge in [-0.05, 0) is 61.8 Å². The topological polar surface area (TPSA) is 74.1 Å². The lowest BCUT2D eigenvalue weighted by Crippen LogP contribution is -2.46. The molecule has 1 aromatic carbocycles. The van der Waals surface area contributed by atoms with E-state index in [9.17, 15) is 10.1 Å². The first kappa shape index (κ1) is 18.6. The van der Waals surface area contributed by atoms with Gasteiger partial charge in [0.15, 0.2) is 0 Å². The first-order valence-electron chi connectivity index (χ1n) is 6.73. The van der Waals surface area contributed by atoms with Gasteiger partial charge in [-0.15, -0.1) is 0 Å². The monoisotopic (exact) mass is 387 g/mol. The Morgan fingerprint density at radius 2 is 2.09 bits per heavy atom. The zero-order chi connectivity index (χ0) is 16.9. The summed E-state index contributed by atoms with van der Waals surface area (Å²) < 4.78 is 5.90. The van der Waals surface area contributed by atoms with Crippen molar-refractivity contribution in [2.24, 2.45) is 0 Å². The van der Waals surface area contributed by atoms with Gasteiger partial charge < -0.3 is 15.4 Å². The number of carbonyl (C=O) groups excluding carboxylic acids is 1. The van der Waals surface area contributed by atoms with E-state index in [0.717, 1.165) is 10.2 Å². The summed E-state index contributed by atoms with van der Waals surface area (Å²) in [6.07, 6.45) is -0.556. The van der Waals surface area contributed by atoms with Crippen LogP contribution in [0.3, 0.4) is 0 Å². The molecule has 7 heteroatoms. The van der Waals surface area contributed by atoms with Crippen LogP contribution in [0.25, 0.3) is 0 Å². The molecule has 0 radical (unpaired) electrons. The van der Waals surface area contributed by atoms with E-state index in [0.29, 0.717) is 5.02 Å². The quantitative estimate of drug-likeness (QED) is 0.805. The van der Waals surface area contributed by atoms with E-state index in [-0.39, 0.29) is 0 Å². The van der Waals surface area contributed by atoms with Gasteiger partial charge in [-0.3, -0.25) is 0 Å². The van der Waals surface area contributed by atoms with E-state index < -0.39 is 23.8 Å². The molecule has 1 aromatic rings. The number of halogens is 2. The Morgan fingerprint density at radius 3 is 2.59 bits per heavy atom. The SMILES string of the molecule is CC(NC(=O)OC(C)(C)C)C(C#N)Nc1ccc(Cl)c(Br)c1. The van der Waals surface area contributed by atoms with Crippen LogP contribution in [0.5, 0.6) is 0 Å². The summed E-state index contributed by atoms with van der Waals surface area (Å²) in [6.45, 7) is 7.07. The summed E-state index contributed by atoms with van der Waals surface area (Å²) in [5.41, 5.74) is 0.140. The van der Waals surface area contributed by atoms with E-state index in [1.54, 1.807) is 45.9 Å². The van der Waals surface area contributed by atoms with Crippen LogP contribution in [-0.2, 0) is 4.74 Å². The molecule has 0 fully saturated rings. The largest absolute Gasteiger partial charge is 0.444 e. The normalized spacial score (nSPS) is 13.7. The molecule has 2 atom stereocenters. The van der Waals surface area contributed by atoms with Gasteiger partial charge in [0.2, 0.25) is 0 Å². The number of amides is 1. The van der Waals surface area contributed by atoms with Crippen molar-refractivity contribution in [2.45, 2.75) is 45.4 Å². The molecular formula is C15H19BrClN3O2. The molecule has 22 heavy (non-hydrogen) atoms. The number of rotatable bonds is 4. The Balaban J connectivity index is 2.69. The van der Waals surface area contributed by atoms with E-state index in [1.807, 2.05) is 0 Å². The molecule has 1 amide bonds. The van der Waals surface area contributed by atoms with Gasteiger partial charge in [-0.2, -0.15) is 5.26 Å². The van der Waals surface area contributed by atoms with E-state index in [1.165, 1.54) is 0 Å². The number of nitrogens with zero attached hydrogens (tertiary/aromatic N) is 1. The number of anilines is 1. The number of nitriles is 1. The Labute approximate surface area is 144 Å². The number of nitrogens with one attached hydrogen (secondary N) is 2. The van der Waals surface area contributed by atoms with Crippen molar-refractivity contribution in [3.63, 3.8) is 0 Å². The molecule has 2 unspecified atom stereocenters. The Morgan fingerprint density at radius 1 is 1.45 bits per heavy atom. The molecule has 0 aromatic heterocycles. The molecule has 0 spiro atoms. The molecule has 0 bridgehead atoms. The lowest BCUT2D eigenvalue weighted by atomic mass is 10.1. The van der Waals surface area contributed by atoms with Gasteiger partial charge in [-0.25, -0.2) is 4.79 Å². The van der Waals surface area contributed by atoms with E-state index in [2.05, 4.69) is 32.6 Å². The average molecular weight is 389 g/mol. The van der Waals surface area contributed by atoms with Crippen molar-refractivity contribution in [2.75, 3.05) is 5.32 Å². The van der Waals surface area contributed by atoms with E-state index in [4.69, 9.17) is 16.3 Å². The van der Waals surface area contributed by atoms with E-state index >= 15 is 0 Å². The lowest BCUT2D eigenvalue weighted by Gasteiger charge is -2.24. The third-order valence-corrected chi connectivity index (χ3v) is 3.84.